The molecule has 0 bridgehead atoms. The number of fused-ring (bicyclic) bond motifs is 1. The third-order valence-corrected chi connectivity index (χ3v) is 4.66. The van der Waals surface area contributed by atoms with Crippen LogP contribution in [0.5, 0.6) is 0 Å². The first-order valence-electron chi connectivity index (χ1n) is 8.15. The lowest BCUT2D eigenvalue weighted by atomic mass is 9.81. The summed E-state index contributed by atoms with van der Waals surface area (Å²) in [6.45, 7) is 8.64. The molecule has 3 aromatic rings. The SMILES string of the molecule is CC(C)(S)c1ccnc2c(CC(C)(C)c3ccncn3)cccc12. The summed E-state index contributed by atoms with van der Waals surface area (Å²) in [7, 11) is 0. The molecule has 0 spiro atoms. The van der Waals surface area contributed by atoms with Crippen molar-refractivity contribution in [3.05, 3.63) is 65.9 Å². The smallest absolute Gasteiger partial charge is 0.115 e. The molecular weight excluding hydrogens is 314 g/mol. The number of nitrogens with zero attached hydrogens (tertiary/aromatic N) is 3. The van der Waals surface area contributed by atoms with E-state index in [1.807, 2.05) is 12.3 Å². The summed E-state index contributed by atoms with van der Waals surface area (Å²) >= 11 is 4.75. The maximum atomic E-state index is 4.75. The molecule has 0 saturated heterocycles. The van der Waals surface area contributed by atoms with E-state index in [9.17, 15) is 0 Å². The number of pyridine rings is 1. The van der Waals surface area contributed by atoms with Crippen LogP contribution < -0.4 is 0 Å². The summed E-state index contributed by atoms with van der Waals surface area (Å²) in [5, 5.41) is 1.17. The Kier molecular flexibility index (Phi) is 4.35. The van der Waals surface area contributed by atoms with Crippen LogP contribution in [0.1, 0.15) is 44.5 Å². The number of para-hydroxylation sites is 1. The van der Waals surface area contributed by atoms with Gasteiger partial charge in [-0.1, -0.05) is 32.0 Å². The summed E-state index contributed by atoms with van der Waals surface area (Å²) in [5.74, 6) is 0. The molecule has 1 aromatic carbocycles. The number of rotatable bonds is 4. The molecule has 0 aliphatic carbocycles. The lowest BCUT2D eigenvalue weighted by Gasteiger charge is -2.25. The zero-order chi connectivity index (χ0) is 17.4. The third-order valence-electron chi connectivity index (χ3n) is 4.42. The molecule has 0 saturated carbocycles. The molecule has 24 heavy (non-hydrogen) atoms. The molecule has 0 radical (unpaired) electrons. The van der Waals surface area contributed by atoms with Gasteiger partial charge < -0.3 is 0 Å². The quantitative estimate of drug-likeness (QED) is 0.701. The fourth-order valence-corrected chi connectivity index (χ4v) is 3.37. The first kappa shape index (κ1) is 16.9. The molecule has 124 valence electrons. The number of benzene rings is 1. The molecule has 3 nitrogen and oxygen atoms in total. The minimum absolute atomic E-state index is 0.0919. The molecule has 0 atom stereocenters. The van der Waals surface area contributed by atoms with Gasteiger partial charge in [-0.05, 0) is 43.5 Å². The van der Waals surface area contributed by atoms with Crippen molar-refractivity contribution < 1.29 is 0 Å². The molecule has 2 heterocycles. The molecule has 0 aliphatic heterocycles. The highest BCUT2D eigenvalue weighted by atomic mass is 32.1. The van der Waals surface area contributed by atoms with E-state index in [2.05, 4.69) is 66.9 Å². The monoisotopic (exact) mass is 337 g/mol. The predicted octanol–water partition coefficient (Wildman–Crippen LogP) is 4.71. The Morgan fingerprint density at radius 3 is 2.42 bits per heavy atom. The highest BCUT2D eigenvalue weighted by molar-refractivity contribution is 7.81. The fourth-order valence-electron chi connectivity index (χ4n) is 3.17. The van der Waals surface area contributed by atoms with Crippen LogP contribution in [0.15, 0.2) is 49.1 Å². The van der Waals surface area contributed by atoms with Crippen LogP contribution in [0.25, 0.3) is 10.9 Å². The van der Waals surface area contributed by atoms with Gasteiger partial charge in [0.1, 0.15) is 6.33 Å². The average Bonchev–Trinajstić information content (AvgIpc) is 2.54. The highest BCUT2D eigenvalue weighted by Crippen LogP contribution is 2.35. The van der Waals surface area contributed by atoms with Gasteiger partial charge >= 0.3 is 0 Å². The molecular formula is C20H23N3S. The summed E-state index contributed by atoms with van der Waals surface area (Å²) in [5.41, 5.74) is 4.44. The van der Waals surface area contributed by atoms with Crippen molar-refractivity contribution >= 4 is 23.5 Å². The van der Waals surface area contributed by atoms with E-state index in [4.69, 9.17) is 12.6 Å². The number of hydrogen-bond donors (Lipinski definition) is 1. The Hall–Kier alpha value is -1.94. The Morgan fingerprint density at radius 2 is 1.75 bits per heavy atom. The second kappa shape index (κ2) is 6.17. The van der Waals surface area contributed by atoms with Gasteiger partial charge in [-0.2, -0.15) is 12.6 Å². The molecule has 4 heteroatoms. The van der Waals surface area contributed by atoms with Gasteiger partial charge in [0.2, 0.25) is 0 Å². The Labute approximate surface area is 149 Å². The lowest BCUT2D eigenvalue weighted by molar-refractivity contribution is 0.505. The minimum Gasteiger partial charge on any atom is -0.256 e. The number of thiol groups is 1. The van der Waals surface area contributed by atoms with Crippen molar-refractivity contribution in [3.8, 4) is 0 Å². The standard InChI is InChI=1S/C20H23N3S/c1-19(2,17-9-10-21-13-23-17)12-14-6-5-7-15-16(20(3,4)24)8-11-22-18(14)15/h5-11,13,24H,12H2,1-4H3. The van der Waals surface area contributed by atoms with Gasteiger partial charge in [0.25, 0.3) is 0 Å². The van der Waals surface area contributed by atoms with E-state index in [0.29, 0.717) is 0 Å². The van der Waals surface area contributed by atoms with Crippen molar-refractivity contribution in [1.82, 2.24) is 15.0 Å². The van der Waals surface area contributed by atoms with Gasteiger partial charge in [-0.25, -0.2) is 9.97 Å². The maximum Gasteiger partial charge on any atom is 0.115 e. The molecule has 0 amide bonds. The second-order valence-corrected chi connectivity index (χ2v) is 8.50. The van der Waals surface area contributed by atoms with E-state index >= 15 is 0 Å². The largest absolute Gasteiger partial charge is 0.256 e. The zero-order valence-electron chi connectivity index (χ0n) is 14.6. The van der Waals surface area contributed by atoms with Gasteiger partial charge in [-0.15, -0.1) is 0 Å². The lowest BCUT2D eigenvalue weighted by Crippen LogP contribution is -2.22. The predicted molar refractivity (Wildman–Crippen MR) is 103 cm³/mol. The fraction of sp³-hybridized carbons (Fsp3) is 0.350. The van der Waals surface area contributed by atoms with Crippen LogP contribution in [0.3, 0.4) is 0 Å². The Morgan fingerprint density at radius 1 is 0.958 bits per heavy atom. The van der Waals surface area contributed by atoms with Crippen LogP contribution in [-0.4, -0.2) is 15.0 Å². The third kappa shape index (κ3) is 3.29. The first-order chi connectivity index (χ1) is 11.3. The molecule has 0 fully saturated rings. The van der Waals surface area contributed by atoms with Crippen molar-refractivity contribution in [2.45, 2.75) is 44.3 Å². The van der Waals surface area contributed by atoms with Crippen molar-refractivity contribution in [2.24, 2.45) is 0 Å². The van der Waals surface area contributed by atoms with E-state index in [-0.39, 0.29) is 10.2 Å². The van der Waals surface area contributed by atoms with Gasteiger partial charge in [-0.3, -0.25) is 4.98 Å². The summed E-state index contributed by atoms with van der Waals surface area (Å²) in [6, 6.07) is 10.5. The first-order valence-corrected chi connectivity index (χ1v) is 8.60. The maximum absolute atomic E-state index is 4.75. The van der Waals surface area contributed by atoms with E-state index in [1.54, 1.807) is 12.5 Å². The van der Waals surface area contributed by atoms with Crippen molar-refractivity contribution in [2.75, 3.05) is 0 Å². The number of aromatic nitrogens is 3. The average molecular weight is 337 g/mol. The summed E-state index contributed by atoms with van der Waals surface area (Å²) < 4.78 is -0.206. The van der Waals surface area contributed by atoms with Crippen LogP contribution in [0, 0.1) is 0 Å². The summed E-state index contributed by atoms with van der Waals surface area (Å²) in [6.07, 6.45) is 6.16. The van der Waals surface area contributed by atoms with E-state index < -0.39 is 0 Å². The molecule has 3 rings (SSSR count). The van der Waals surface area contributed by atoms with E-state index in [0.717, 1.165) is 17.6 Å². The Bertz CT molecular complexity index is 852. The highest BCUT2D eigenvalue weighted by Gasteiger charge is 2.25. The van der Waals surface area contributed by atoms with Crippen LogP contribution in [0.4, 0.5) is 0 Å². The van der Waals surface area contributed by atoms with Gasteiger partial charge in [0.15, 0.2) is 0 Å². The normalized spacial score (nSPS) is 12.5. The van der Waals surface area contributed by atoms with Crippen LogP contribution in [0.2, 0.25) is 0 Å². The molecule has 0 N–H and O–H groups in total. The molecule has 2 aromatic heterocycles. The van der Waals surface area contributed by atoms with Crippen molar-refractivity contribution in [1.29, 1.82) is 0 Å². The molecule has 0 aliphatic rings. The van der Waals surface area contributed by atoms with Crippen LogP contribution >= 0.6 is 12.6 Å². The minimum atomic E-state index is -0.206. The second-order valence-electron chi connectivity index (χ2n) is 7.39. The topological polar surface area (TPSA) is 38.7 Å². The van der Waals surface area contributed by atoms with Gasteiger partial charge in [0.05, 0.1) is 5.52 Å². The zero-order valence-corrected chi connectivity index (χ0v) is 15.5. The molecule has 0 unspecified atom stereocenters. The Balaban J connectivity index is 2.08. The number of hydrogen-bond acceptors (Lipinski definition) is 4. The van der Waals surface area contributed by atoms with Crippen LogP contribution in [-0.2, 0) is 16.6 Å². The van der Waals surface area contributed by atoms with E-state index in [1.165, 1.54) is 16.5 Å². The summed E-state index contributed by atoms with van der Waals surface area (Å²) in [4.78, 5) is 13.1. The van der Waals surface area contributed by atoms with Gasteiger partial charge in [0, 0.05) is 33.6 Å². The van der Waals surface area contributed by atoms with Crippen molar-refractivity contribution in [3.63, 3.8) is 0 Å².